The van der Waals surface area contributed by atoms with Crippen molar-refractivity contribution >= 4 is 23.0 Å². The molecule has 0 aliphatic heterocycles. The summed E-state index contributed by atoms with van der Waals surface area (Å²) in [6.07, 6.45) is 3.00. The summed E-state index contributed by atoms with van der Waals surface area (Å²) in [6, 6.07) is 0. The highest BCUT2D eigenvalue weighted by Gasteiger charge is 2.07. The van der Waals surface area contributed by atoms with Crippen molar-refractivity contribution in [3.8, 4) is 0 Å². The highest BCUT2D eigenvalue weighted by Crippen LogP contribution is 2.04. The third kappa shape index (κ3) is 3.03. The van der Waals surface area contributed by atoms with E-state index in [9.17, 15) is 0 Å². The maximum absolute atomic E-state index is 5.25. The van der Waals surface area contributed by atoms with E-state index in [0.717, 1.165) is 6.42 Å². The Morgan fingerprint density at radius 2 is 2.27 bits per heavy atom. The SMILES string of the molecule is C=CCc1nc(NN)nc(C(=S)CC)n1. The Bertz CT molecular complexity index is 377. The van der Waals surface area contributed by atoms with Crippen LogP contribution in [0.15, 0.2) is 12.7 Å². The molecule has 0 saturated carbocycles. The van der Waals surface area contributed by atoms with Gasteiger partial charge < -0.3 is 0 Å². The van der Waals surface area contributed by atoms with E-state index in [1.54, 1.807) is 6.08 Å². The number of aromatic nitrogens is 3. The van der Waals surface area contributed by atoms with Gasteiger partial charge in [-0.1, -0.05) is 25.2 Å². The molecule has 0 aliphatic rings. The molecule has 0 aliphatic carbocycles. The predicted octanol–water partition coefficient (Wildman–Crippen LogP) is 1.01. The number of hydrogen-bond donors (Lipinski definition) is 2. The van der Waals surface area contributed by atoms with Gasteiger partial charge in [-0.3, -0.25) is 5.43 Å². The van der Waals surface area contributed by atoms with Gasteiger partial charge in [0.05, 0.1) is 4.86 Å². The molecule has 0 bridgehead atoms. The summed E-state index contributed by atoms with van der Waals surface area (Å²) in [5, 5.41) is 0. The van der Waals surface area contributed by atoms with Crippen LogP contribution in [0, 0.1) is 0 Å². The van der Waals surface area contributed by atoms with E-state index in [-0.39, 0.29) is 0 Å². The van der Waals surface area contributed by atoms with Gasteiger partial charge in [0.1, 0.15) is 5.82 Å². The standard InChI is InChI=1S/C9H13N5S/c1-3-5-7-11-8(6(15)4-2)13-9(12-7)14-10/h3H,1,4-5,10H2,2H3,(H,11,12,13,14). The van der Waals surface area contributed by atoms with Crippen LogP contribution in [0.25, 0.3) is 0 Å². The molecule has 3 N–H and O–H groups in total. The molecule has 0 fully saturated rings. The zero-order valence-electron chi connectivity index (χ0n) is 8.53. The zero-order chi connectivity index (χ0) is 11.3. The number of hydrogen-bond acceptors (Lipinski definition) is 6. The van der Waals surface area contributed by atoms with Gasteiger partial charge in [-0.25, -0.2) is 10.8 Å². The third-order valence-electron chi connectivity index (χ3n) is 1.71. The highest BCUT2D eigenvalue weighted by atomic mass is 32.1. The van der Waals surface area contributed by atoms with Gasteiger partial charge in [0, 0.05) is 6.42 Å². The lowest BCUT2D eigenvalue weighted by molar-refractivity contribution is 0.917. The Balaban J connectivity index is 3.10. The third-order valence-corrected chi connectivity index (χ3v) is 2.18. The van der Waals surface area contributed by atoms with Crippen LogP contribution in [0.3, 0.4) is 0 Å². The number of thiocarbonyl (C=S) groups is 1. The number of nitrogen functional groups attached to an aromatic ring is 1. The summed E-state index contributed by atoms with van der Waals surface area (Å²) in [5.74, 6) is 6.70. The number of nitrogens with two attached hydrogens (primary N) is 1. The number of hydrazine groups is 1. The molecule has 0 radical (unpaired) electrons. The van der Waals surface area contributed by atoms with Gasteiger partial charge in [0.2, 0.25) is 5.95 Å². The van der Waals surface area contributed by atoms with E-state index in [1.807, 2.05) is 6.92 Å². The predicted molar refractivity (Wildman–Crippen MR) is 63.5 cm³/mol. The molecular weight excluding hydrogens is 210 g/mol. The summed E-state index contributed by atoms with van der Waals surface area (Å²) in [6.45, 7) is 5.57. The zero-order valence-corrected chi connectivity index (χ0v) is 9.34. The number of anilines is 1. The lowest BCUT2D eigenvalue weighted by Gasteiger charge is -2.04. The van der Waals surface area contributed by atoms with Crippen molar-refractivity contribution in [2.45, 2.75) is 19.8 Å². The summed E-state index contributed by atoms with van der Waals surface area (Å²) in [4.78, 5) is 13.0. The van der Waals surface area contributed by atoms with Gasteiger partial charge >= 0.3 is 0 Å². The molecule has 15 heavy (non-hydrogen) atoms. The molecule has 80 valence electrons. The van der Waals surface area contributed by atoms with Crippen LogP contribution in [0.1, 0.15) is 25.0 Å². The first-order chi connectivity index (χ1) is 7.21. The Labute approximate surface area is 93.8 Å². The largest absolute Gasteiger partial charge is 0.292 e. The smallest absolute Gasteiger partial charge is 0.240 e. The lowest BCUT2D eigenvalue weighted by atomic mass is 10.3. The minimum atomic E-state index is 0.327. The van der Waals surface area contributed by atoms with Crippen molar-refractivity contribution in [1.29, 1.82) is 0 Å². The van der Waals surface area contributed by atoms with E-state index in [4.69, 9.17) is 18.1 Å². The molecule has 0 atom stereocenters. The second-order valence-corrected chi connectivity index (χ2v) is 3.31. The van der Waals surface area contributed by atoms with Crippen LogP contribution < -0.4 is 11.3 Å². The molecule has 1 heterocycles. The first-order valence-electron chi connectivity index (χ1n) is 4.57. The Morgan fingerprint density at radius 3 is 2.80 bits per heavy atom. The summed E-state index contributed by atoms with van der Waals surface area (Å²) in [7, 11) is 0. The van der Waals surface area contributed by atoms with Crippen molar-refractivity contribution in [3.63, 3.8) is 0 Å². The van der Waals surface area contributed by atoms with E-state index >= 15 is 0 Å². The molecule has 1 aromatic heterocycles. The molecule has 0 saturated heterocycles. The molecule has 6 heteroatoms. The topological polar surface area (TPSA) is 76.7 Å². The molecule has 0 unspecified atom stereocenters. The summed E-state index contributed by atoms with van der Waals surface area (Å²) >= 11 is 5.13. The normalized spacial score (nSPS) is 9.73. The van der Waals surface area contributed by atoms with E-state index < -0.39 is 0 Å². The van der Waals surface area contributed by atoms with Crippen LogP contribution in [-0.2, 0) is 6.42 Å². The van der Waals surface area contributed by atoms with Gasteiger partial charge in [-0.05, 0) is 6.42 Å². The molecule has 0 spiro atoms. The van der Waals surface area contributed by atoms with Crippen LogP contribution in [-0.4, -0.2) is 19.8 Å². The van der Waals surface area contributed by atoms with Crippen molar-refractivity contribution < 1.29 is 0 Å². The lowest BCUT2D eigenvalue weighted by Crippen LogP contribution is -2.16. The van der Waals surface area contributed by atoms with Crippen LogP contribution in [0.5, 0.6) is 0 Å². The van der Waals surface area contributed by atoms with E-state index in [0.29, 0.717) is 28.9 Å². The Morgan fingerprint density at radius 1 is 1.53 bits per heavy atom. The van der Waals surface area contributed by atoms with Crippen LogP contribution in [0.2, 0.25) is 0 Å². The number of nitrogens with one attached hydrogen (secondary N) is 1. The van der Waals surface area contributed by atoms with Gasteiger partial charge in [-0.2, -0.15) is 9.97 Å². The minimum Gasteiger partial charge on any atom is -0.292 e. The fourth-order valence-corrected chi connectivity index (χ4v) is 1.08. The Hall–Kier alpha value is -1.40. The maximum Gasteiger partial charge on any atom is 0.240 e. The van der Waals surface area contributed by atoms with Crippen molar-refractivity contribution in [1.82, 2.24) is 15.0 Å². The van der Waals surface area contributed by atoms with E-state index in [1.165, 1.54) is 0 Å². The molecular formula is C9H13N5S. The van der Waals surface area contributed by atoms with E-state index in [2.05, 4.69) is 27.0 Å². The fourth-order valence-electron chi connectivity index (χ4n) is 0.988. The van der Waals surface area contributed by atoms with Crippen molar-refractivity contribution in [2.24, 2.45) is 5.84 Å². The van der Waals surface area contributed by atoms with Crippen LogP contribution in [0.4, 0.5) is 5.95 Å². The number of allylic oxidation sites excluding steroid dienone is 1. The minimum absolute atomic E-state index is 0.327. The Kier molecular flexibility index (Phi) is 4.26. The second-order valence-electron chi connectivity index (χ2n) is 2.81. The second kappa shape index (κ2) is 5.47. The average molecular weight is 223 g/mol. The summed E-state index contributed by atoms with van der Waals surface area (Å²) in [5.41, 5.74) is 2.39. The van der Waals surface area contributed by atoms with Gasteiger partial charge in [0.15, 0.2) is 5.82 Å². The molecule has 5 nitrogen and oxygen atoms in total. The fraction of sp³-hybridized carbons (Fsp3) is 0.333. The quantitative estimate of drug-likeness (QED) is 0.255. The number of rotatable bonds is 5. The maximum atomic E-state index is 5.25. The molecule has 0 aromatic carbocycles. The first kappa shape index (κ1) is 11.7. The molecule has 1 aromatic rings. The molecule has 1 rings (SSSR count). The van der Waals surface area contributed by atoms with Crippen molar-refractivity contribution in [3.05, 3.63) is 24.3 Å². The van der Waals surface area contributed by atoms with Crippen LogP contribution >= 0.6 is 12.2 Å². The van der Waals surface area contributed by atoms with Gasteiger partial charge in [-0.15, -0.1) is 6.58 Å². The monoisotopic (exact) mass is 223 g/mol. The average Bonchev–Trinajstić information content (AvgIpc) is 2.28. The highest BCUT2D eigenvalue weighted by molar-refractivity contribution is 7.80. The number of nitrogens with zero attached hydrogens (tertiary/aromatic N) is 3. The first-order valence-corrected chi connectivity index (χ1v) is 4.97. The van der Waals surface area contributed by atoms with Gasteiger partial charge in [0.25, 0.3) is 0 Å². The summed E-state index contributed by atoms with van der Waals surface area (Å²) < 4.78 is 0. The van der Waals surface area contributed by atoms with Crippen molar-refractivity contribution in [2.75, 3.05) is 5.43 Å². The molecule has 0 amide bonds.